The predicted molar refractivity (Wildman–Crippen MR) is 71.8 cm³/mol. The van der Waals surface area contributed by atoms with Crippen LogP contribution >= 0.6 is 0 Å². The minimum absolute atomic E-state index is 0.135. The van der Waals surface area contributed by atoms with E-state index in [-0.39, 0.29) is 11.9 Å². The lowest BCUT2D eigenvalue weighted by atomic mass is 10.3. The van der Waals surface area contributed by atoms with Crippen LogP contribution in [0.4, 0.5) is 0 Å². The Labute approximate surface area is 112 Å². The largest absolute Gasteiger partial charge is 0.344 e. The molecule has 2 N–H and O–H groups in total. The lowest BCUT2D eigenvalue weighted by Crippen LogP contribution is -2.29. The van der Waals surface area contributed by atoms with Crippen molar-refractivity contribution in [3.05, 3.63) is 35.2 Å². The lowest BCUT2D eigenvalue weighted by Gasteiger charge is -2.12. The quantitative estimate of drug-likeness (QED) is 0.880. The number of rotatable bonds is 4. The van der Waals surface area contributed by atoms with Gasteiger partial charge >= 0.3 is 0 Å². The fourth-order valence-electron chi connectivity index (χ4n) is 1.96. The van der Waals surface area contributed by atoms with Crippen molar-refractivity contribution < 1.29 is 4.79 Å². The third-order valence-electron chi connectivity index (χ3n) is 2.91. The molecule has 1 amide bonds. The Morgan fingerprint density at radius 1 is 1.53 bits per heavy atom. The van der Waals surface area contributed by atoms with Crippen LogP contribution in [0, 0.1) is 13.8 Å². The molecule has 0 fully saturated rings. The molecular formula is C13H19N5O. The summed E-state index contributed by atoms with van der Waals surface area (Å²) in [6.45, 7) is 8.34. The first-order valence-electron chi connectivity index (χ1n) is 6.38. The third-order valence-corrected chi connectivity index (χ3v) is 2.91. The number of nitrogens with one attached hydrogen (secondary N) is 2. The highest BCUT2D eigenvalue weighted by Gasteiger charge is 2.17. The van der Waals surface area contributed by atoms with E-state index in [0.717, 1.165) is 17.2 Å². The first-order chi connectivity index (χ1) is 9.01. The van der Waals surface area contributed by atoms with Gasteiger partial charge < -0.3 is 10.3 Å². The molecule has 1 atom stereocenters. The number of aromatic amines is 1. The van der Waals surface area contributed by atoms with Gasteiger partial charge in [0, 0.05) is 18.4 Å². The first kappa shape index (κ1) is 13.3. The van der Waals surface area contributed by atoms with Crippen LogP contribution < -0.4 is 5.32 Å². The topological polar surface area (TPSA) is 75.6 Å². The van der Waals surface area contributed by atoms with Crippen molar-refractivity contribution in [2.45, 2.75) is 40.3 Å². The number of aryl methyl sites for hydroxylation is 3. The van der Waals surface area contributed by atoms with Gasteiger partial charge in [0.15, 0.2) is 0 Å². The number of carbonyl (C=O) groups is 1. The lowest BCUT2D eigenvalue weighted by molar-refractivity contribution is 0.0927. The summed E-state index contributed by atoms with van der Waals surface area (Å²) in [6, 6.07) is 1.63. The zero-order valence-electron chi connectivity index (χ0n) is 11.7. The van der Waals surface area contributed by atoms with Gasteiger partial charge in [-0.2, -0.15) is 5.10 Å². The maximum absolute atomic E-state index is 12.2. The summed E-state index contributed by atoms with van der Waals surface area (Å²) in [4.78, 5) is 19.6. The number of amides is 1. The van der Waals surface area contributed by atoms with Crippen LogP contribution in [0.3, 0.4) is 0 Å². The number of imidazole rings is 1. The predicted octanol–water partition coefficient (Wildman–Crippen LogP) is 1.73. The number of nitrogens with zero attached hydrogens (tertiary/aromatic N) is 3. The van der Waals surface area contributed by atoms with Crippen LogP contribution in [0.2, 0.25) is 0 Å². The Morgan fingerprint density at radius 2 is 2.26 bits per heavy atom. The standard InChI is InChI=1S/C13H19N5O/c1-5-18-11(6-8(2)17-18)13(19)16-10(4)12-14-7-9(3)15-12/h6-7,10H,5H2,1-4H3,(H,14,15)(H,16,19)/t10-/m1/s1. The highest BCUT2D eigenvalue weighted by atomic mass is 16.2. The fraction of sp³-hybridized carbons (Fsp3) is 0.462. The molecular weight excluding hydrogens is 242 g/mol. The van der Waals surface area contributed by atoms with Crippen molar-refractivity contribution in [1.82, 2.24) is 25.1 Å². The van der Waals surface area contributed by atoms with E-state index in [2.05, 4.69) is 20.4 Å². The maximum atomic E-state index is 12.2. The van der Waals surface area contributed by atoms with Crippen LogP contribution in [0.25, 0.3) is 0 Å². The van der Waals surface area contributed by atoms with E-state index >= 15 is 0 Å². The zero-order chi connectivity index (χ0) is 14.0. The van der Waals surface area contributed by atoms with Crippen molar-refractivity contribution in [3.63, 3.8) is 0 Å². The minimum Gasteiger partial charge on any atom is -0.344 e. The molecule has 2 aromatic rings. The second-order valence-electron chi connectivity index (χ2n) is 4.63. The summed E-state index contributed by atoms with van der Waals surface area (Å²) in [6.07, 6.45) is 1.75. The summed E-state index contributed by atoms with van der Waals surface area (Å²) >= 11 is 0. The average molecular weight is 261 g/mol. The zero-order valence-corrected chi connectivity index (χ0v) is 11.7. The minimum atomic E-state index is -0.165. The molecule has 0 unspecified atom stereocenters. The van der Waals surface area contributed by atoms with E-state index in [1.54, 1.807) is 16.9 Å². The van der Waals surface area contributed by atoms with Crippen molar-refractivity contribution in [2.24, 2.45) is 0 Å². The molecule has 2 rings (SSSR count). The number of hydrogen-bond acceptors (Lipinski definition) is 3. The van der Waals surface area contributed by atoms with Crippen molar-refractivity contribution in [1.29, 1.82) is 0 Å². The summed E-state index contributed by atoms with van der Waals surface area (Å²) in [5, 5.41) is 7.19. The maximum Gasteiger partial charge on any atom is 0.270 e. The van der Waals surface area contributed by atoms with E-state index in [1.165, 1.54) is 0 Å². The van der Waals surface area contributed by atoms with Crippen LogP contribution in [-0.4, -0.2) is 25.7 Å². The molecule has 0 saturated carbocycles. The Kier molecular flexibility index (Phi) is 3.69. The van der Waals surface area contributed by atoms with Crippen LogP contribution in [-0.2, 0) is 6.54 Å². The van der Waals surface area contributed by atoms with Gasteiger partial charge in [0.05, 0.1) is 11.7 Å². The van der Waals surface area contributed by atoms with E-state index < -0.39 is 0 Å². The molecule has 0 aliphatic heterocycles. The SMILES string of the molecule is CCn1nc(C)cc1C(=O)N[C@H](C)c1ncc(C)[nH]1. The Morgan fingerprint density at radius 3 is 2.84 bits per heavy atom. The van der Waals surface area contributed by atoms with Gasteiger partial charge in [-0.15, -0.1) is 0 Å². The van der Waals surface area contributed by atoms with Crippen molar-refractivity contribution in [2.75, 3.05) is 0 Å². The molecule has 102 valence electrons. The smallest absolute Gasteiger partial charge is 0.270 e. The van der Waals surface area contributed by atoms with Gasteiger partial charge in [-0.3, -0.25) is 9.48 Å². The summed E-state index contributed by atoms with van der Waals surface area (Å²) in [5.74, 6) is 0.620. The number of hydrogen-bond donors (Lipinski definition) is 2. The van der Waals surface area contributed by atoms with Gasteiger partial charge in [-0.05, 0) is 33.8 Å². The fourth-order valence-corrected chi connectivity index (χ4v) is 1.96. The van der Waals surface area contributed by atoms with Crippen molar-refractivity contribution in [3.8, 4) is 0 Å². The second kappa shape index (κ2) is 5.26. The Balaban J connectivity index is 2.12. The molecule has 2 heterocycles. The molecule has 0 spiro atoms. The molecule has 2 aromatic heterocycles. The summed E-state index contributed by atoms with van der Waals surface area (Å²) in [5.41, 5.74) is 2.40. The molecule has 0 bridgehead atoms. The monoisotopic (exact) mass is 261 g/mol. The first-order valence-corrected chi connectivity index (χ1v) is 6.38. The van der Waals surface area contributed by atoms with Gasteiger partial charge in [0.2, 0.25) is 0 Å². The molecule has 0 aliphatic carbocycles. The van der Waals surface area contributed by atoms with E-state index in [9.17, 15) is 4.79 Å². The van der Waals surface area contributed by atoms with E-state index in [1.807, 2.05) is 27.7 Å². The molecule has 0 saturated heterocycles. The van der Waals surface area contributed by atoms with Gasteiger partial charge in [0.25, 0.3) is 5.91 Å². The van der Waals surface area contributed by atoms with Gasteiger partial charge in [-0.25, -0.2) is 4.98 Å². The summed E-state index contributed by atoms with van der Waals surface area (Å²) < 4.78 is 1.70. The average Bonchev–Trinajstić information content (AvgIpc) is 2.95. The third kappa shape index (κ3) is 2.83. The molecule has 0 radical (unpaired) electrons. The molecule has 0 aromatic carbocycles. The Hall–Kier alpha value is -2.11. The normalized spacial score (nSPS) is 12.4. The van der Waals surface area contributed by atoms with Gasteiger partial charge in [0.1, 0.15) is 11.5 Å². The van der Waals surface area contributed by atoms with Gasteiger partial charge in [-0.1, -0.05) is 0 Å². The van der Waals surface area contributed by atoms with E-state index in [0.29, 0.717) is 12.2 Å². The molecule has 6 nitrogen and oxygen atoms in total. The highest BCUT2D eigenvalue weighted by molar-refractivity contribution is 5.92. The van der Waals surface area contributed by atoms with Crippen LogP contribution in [0.5, 0.6) is 0 Å². The van der Waals surface area contributed by atoms with Crippen LogP contribution in [0.1, 0.15) is 47.6 Å². The van der Waals surface area contributed by atoms with Crippen molar-refractivity contribution >= 4 is 5.91 Å². The number of carbonyl (C=O) groups excluding carboxylic acids is 1. The van der Waals surface area contributed by atoms with E-state index in [4.69, 9.17) is 0 Å². The summed E-state index contributed by atoms with van der Waals surface area (Å²) in [7, 11) is 0. The molecule has 19 heavy (non-hydrogen) atoms. The van der Waals surface area contributed by atoms with Crippen LogP contribution in [0.15, 0.2) is 12.3 Å². The number of H-pyrrole nitrogens is 1. The second-order valence-corrected chi connectivity index (χ2v) is 4.63. The Bertz CT molecular complexity index is 584. The number of aromatic nitrogens is 4. The molecule has 6 heteroatoms. The highest BCUT2D eigenvalue weighted by Crippen LogP contribution is 2.10. The molecule has 0 aliphatic rings.